The first-order chi connectivity index (χ1) is 10.4. The second kappa shape index (κ2) is 5.06. The average Bonchev–Trinajstić information content (AvgIpc) is 2.93. The van der Waals surface area contributed by atoms with Crippen molar-refractivity contribution in [3.05, 3.63) is 53.7 Å². The number of nitrogens with one attached hydrogen (secondary N) is 3. The molecule has 0 bridgehead atoms. The highest BCUT2D eigenvalue weighted by molar-refractivity contribution is 6.05. The quantitative estimate of drug-likeness (QED) is 0.686. The number of aromatic nitrogens is 1. The van der Waals surface area contributed by atoms with E-state index in [0.29, 0.717) is 16.9 Å². The predicted octanol–water partition coefficient (Wildman–Crippen LogP) is 2.11. The van der Waals surface area contributed by atoms with Gasteiger partial charge < -0.3 is 15.6 Å². The van der Waals surface area contributed by atoms with Gasteiger partial charge in [0.05, 0.1) is 5.56 Å². The maximum atomic E-state index is 12.4. The number of aliphatic imine (C=N–C) groups is 1. The molecule has 0 amide bonds. The second-order valence-corrected chi connectivity index (χ2v) is 4.97. The van der Waals surface area contributed by atoms with Crippen molar-refractivity contribution in [2.24, 2.45) is 10.7 Å². The number of aromatic amines is 1. The number of H-pyrrole nitrogens is 1. The van der Waals surface area contributed by atoms with E-state index in [-0.39, 0.29) is 5.84 Å². The van der Waals surface area contributed by atoms with Crippen LogP contribution in [0.1, 0.15) is 11.1 Å². The number of amidine groups is 1. The lowest BCUT2D eigenvalue weighted by Gasteiger charge is -2.37. The number of alkyl halides is 3. The van der Waals surface area contributed by atoms with E-state index in [1.165, 1.54) is 0 Å². The van der Waals surface area contributed by atoms with Gasteiger partial charge in [-0.15, -0.1) is 0 Å². The Hall–Kier alpha value is -2.48. The van der Waals surface area contributed by atoms with E-state index in [0.717, 1.165) is 0 Å². The third-order valence-corrected chi connectivity index (χ3v) is 3.29. The number of hydrogen-bond acceptors (Lipinski definition) is 3. The summed E-state index contributed by atoms with van der Waals surface area (Å²) in [6, 6.07) is 10.6. The van der Waals surface area contributed by atoms with Crippen molar-refractivity contribution in [1.82, 2.24) is 10.3 Å². The van der Waals surface area contributed by atoms with Crippen LogP contribution in [0.15, 0.2) is 47.6 Å². The van der Waals surface area contributed by atoms with Crippen LogP contribution < -0.4 is 16.4 Å². The Morgan fingerprint density at radius 3 is 2.50 bits per heavy atom. The fraction of sp³-hybridized carbons (Fsp3) is 0.214. The lowest BCUT2D eigenvalue weighted by Crippen LogP contribution is -2.61. The van der Waals surface area contributed by atoms with E-state index >= 15 is 0 Å². The Labute approximate surface area is 124 Å². The summed E-state index contributed by atoms with van der Waals surface area (Å²) in [5.74, 6) is -0.631. The van der Waals surface area contributed by atoms with Gasteiger partial charge in [-0.25, -0.2) is 0 Å². The monoisotopic (exact) mass is 309 g/mol. The molecular weight excluding hydrogens is 295 g/mol. The summed E-state index contributed by atoms with van der Waals surface area (Å²) >= 11 is 0. The Morgan fingerprint density at radius 2 is 1.82 bits per heavy atom. The first kappa shape index (κ1) is 14.5. The zero-order valence-corrected chi connectivity index (χ0v) is 11.4. The van der Waals surface area contributed by atoms with Gasteiger partial charge in [-0.1, -0.05) is 30.3 Å². The predicted molar refractivity (Wildman–Crippen MR) is 77.3 cm³/mol. The molecule has 0 spiro atoms. The molecule has 116 valence electrons. The van der Waals surface area contributed by atoms with E-state index in [2.05, 4.69) is 20.6 Å². The van der Waals surface area contributed by atoms with Crippen molar-refractivity contribution in [3.63, 3.8) is 0 Å². The maximum Gasteiger partial charge on any atom is 0.408 e. The molecule has 2 aromatic rings. The highest BCUT2D eigenvalue weighted by Gasteiger charge is 2.36. The zero-order chi connectivity index (χ0) is 15.8. The van der Waals surface area contributed by atoms with Crippen molar-refractivity contribution < 1.29 is 13.2 Å². The standard InChI is InChI=1S/C14H14F3N5/c15-13(16,17)8-20-12-10-6-7-19-11(10)21-14(18,22-12)9-4-2-1-3-5-9/h1-7,19,21H,8,18H2,(H,20,22). The topological polar surface area (TPSA) is 78.2 Å². The molecule has 5 N–H and O–H groups in total. The molecule has 1 aromatic carbocycles. The molecule has 0 saturated heterocycles. The lowest BCUT2D eigenvalue weighted by molar-refractivity contribution is -0.118. The minimum atomic E-state index is -4.37. The molecule has 0 radical (unpaired) electrons. The normalized spacial score (nSPS) is 22.8. The Kier molecular flexibility index (Phi) is 3.32. The number of nitrogens with two attached hydrogens (primary N) is 1. The molecule has 2 heterocycles. The van der Waals surface area contributed by atoms with E-state index in [1.54, 1.807) is 36.5 Å². The van der Waals surface area contributed by atoms with Crippen molar-refractivity contribution in [2.45, 2.75) is 12.0 Å². The number of rotatable bonds is 2. The van der Waals surface area contributed by atoms with Gasteiger partial charge in [0.25, 0.3) is 0 Å². The fourth-order valence-electron chi connectivity index (χ4n) is 2.29. The van der Waals surface area contributed by atoms with E-state index < -0.39 is 18.5 Å². The molecule has 1 unspecified atom stereocenters. The molecule has 0 saturated carbocycles. The van der Waals surface area contributed by atoms with Gasteiger partial charge in [0.1, 0.15) is 18.2 Å². The van der Waals surface area contributed by atoms with Crippen LogP contribution in [0.3, 0.4) is 0 Å². The third kappa shape index (κ3) is 2.77. The summed E-state index contributed by atoms with van der Waals surface area (Å²) in [7, 11) is 0. The van der Waals surface area contributed by atoms with Gasteiger partial charge in [0.15, 0.2) is 5.79 Å². The van der Waals surface area contributed by atoms with Gasteiger partial charge in [-0.05, 0) is 6.07 Å². The Bertz CT molecular complexity index is 692. The first-order valence-electron chi connectivity index (χ1n) is 6.57. The van der Waals surface area contributed by atoms with E-state index in [1.807, 2.05) is 6.07 Å². The molecule has 1 aromatic heterocycles. The van der Waals surface area contributed by atoms with Gasteiger partial charge in [-0.3, -0.25) is 10.7 Å². The van der Waals surface area contributed by atoms with E-state index in [4.69, 9.17) is 5.73 Å². The zero-order valence-electron chi connectivity index (χ0n) is 11.4. The number of hydrogen-bond donors (Lipinski definition) is 4. The Morgan fingerprint density at radius 1 is 1.09 bits per heavy atom. The summed E-state index contributed by atoms with van der Waals surface area (Å²) in [5.41, 5.74) is 7.47. The van der Waals surface area contributed by atoms with Crippen LogP contribution >= 0.6 is 0 Å². The van der Waals surface area contributed by atoms with Gasteiger partial charge in [0.2, 0.25) is 0 Å². The number of fused-ring (bicyclic) bond motifs is 1. The minimum Gasteiger partial charge on any atom is -0.348 e. The lowest BCUT2D eigenvalue weighted by atomic mass is 10.0. The third-order valence-electron chi connectivity index (χ3n) is 3.29. The van der Waals surface area contributed by atoms with Gasteiger partial charge in [0, 0.05) is 11.8 Å². The molecule has 1 aliphatic rings. The summed E-state index contributed by atoms with van der Waals surface area (Å²) in [4.78, 5) is 6.55. The number of benzene rings is 1. The van der Waals surface area contributed by atoms with Crippen LogP contribution in [-0.4, -0.2) is 23.5 Å². The second-order valence-electron chi connectivity index (χ2n) is 4.97. The average molecular weight is 309 g/mol. The summed E-state index contributed by atoms with van der Waals surface area (Å²) in [6.45, 7) is -1.27. The van der Waals surface area contributed by atoms with Crippen molar-refractivity contribution in [1.29, 1.82) is 0 Å². The fourth-order valence-corrected chi connectivity index (χ4v) is 2.29. The van der Waals surface area contributed by atoms with Crippen molar-refractivity contribution >= 4 is 11.7 Å². The molecule has 1 atom stereocenters. The van der Waals surface area contributed by atoms with Crippen LogP contribution in [0.25, 0.3) is 0 Å². The molecular formula is C14H14F3N5. The first-order valence-corrected chi connectivity index (χ1v) is 6.57. The van der Waals surface area contributed by atoms with Crippen LogP contribution in [0.4, 0.5) is 19.0 Å². The molecule has 8 heteroatoms. The van der Waals surface area contributed by atoms with Crippen LogP contribution in [0.2, 0.25) is 0 Å². The molecule has 5 nitrogen and oxygen atoms in total. The highest BCUT2D eigenvalue weighted by atomic mass is 19.4. The van der Waals surface area contributed by atoms with Crippen LogP contribution in [0, 0.1) is 0 Å². The summed E-state index contributed by atoms with van der Waals surface area (Å²) in [6.07, 6.45) is -2.76. The SMILES string of the molecule is NC1(c2ccccc2)NC(=NCC(F)(F)F)c2cc[nH]c2N1. The number of nitrogens with zero attached hydrogens (tertiary/aromatic N) is 1. The summed E-state index contributed by atoms with van der Waals surface area (Å²) < 4.78 is 37.3. The number of anilines is 1. The van der Waals surface area contributed by atoms with Crippen molar-refractivity contribution in [3.8, 4) is 0 Å². The number of halogens is 3. The smallest absolute Gasteiger partial charge is 0.348 e. The van der Waals surface area contributed by atoms with E-state index in [9.17, 15) is 13.2 Å². The minimum absolute atomic E-state index is 0.0960. The molecule has 22 heavy (non-hydrogen) atoms. The van der Waals surface area contributed by atoms with Crippen LogP contribution in [-0.2, 0) is 5.79 Å². The van der Waals surface area contributed by atoms with Crippen LogP contribution in [0.5, 0.6) is 0 Å². The molecule has 1 aliphatic heterocycles. The molecule has 0 fully saturated rings. The molecule has 3 rings (SSSR count). The van der Waals surface area contributed by atoms with Crippen molar-refractivity contribution in [2.75, 3.05) is 11.9 Å². The molecule has 0 aliphatic carbocycles. The van der Waals surface area contributed by atoms with Gasteiger partial charge in [-0.2, -0.15) is 13.2 Å². The maximum absolute atomic E-state index is 12.4. The Balaban J connectivity index is 1.99. The highest BCUT2D eigenvalue weighted by Crippen LogP contribution is 2.27. The largest absolute Gasteiger partial charge is 0.408 e. The summed E-state index contributed by atoms with van der Waals surface area (Å²) in [5, 5.41) is 5.90. The van der Waals surface area contributed by atoms with Gasteiger partial charge >= 0.3 is 6.18 Å².